The van der Waals surface area contributed by atoms with E-state index >= 15 is 0 Å². The van der Waals surface area contributed by atoms with Crippen LogP contribution in [0.1, 0.15) is 0 Å². The van der Waals surface area contributed by atoms with Gasteiger partial charge in [0.2, 0.25) is 0 Å². The zero-order valence-corrected chi connectivity index (χ0v) is 26.2. The molecule has 0 aliphatic heterocycles. The number of hydrogen-bond donors (Lipinski definition) is 0. The minimum Gasteiger partial charge on any atom is -0.314 e. The highest BCUT2D eigenvalue weighted by Crippen LogP contribution is 2.42. The van der Waals surface area contributed by atoms with Gasteiger partial charge in [0.25, 0.3) is 0 Å². The van der Waals surface area contributed by atoms with Crippen LogP contribution in [-0.4, -0.2) is 9.13 Å². The minimum absolute atomic E-state index is 1.14. The van der Waals surface area contributed by atoms with E-state index in [1.54, 1.807) is 0 Å². The van der Waals surface area contributed by atoms with Crippen molar-refractivity contribution in [2.45, 2.75) is 0 Å². The summed E-state index contributed by atoms with van der Waals surface area (Å²) in [6, 6.07) is 63.9. The van der Waals surface area contributed by atoms with Crippen molar-refractivity contribution < 1.29 is 0 Å². The van der Waals surface area contributed by atoms with Crippen molar-refractivity contribution in [3.63, 3.8) is 0 Å². The normalized spacial score (nSPS) is 11.8. The van der Waals surface area contributed by atoms with Crippen LogP contribution < -0.4 is 0 Å². The molecule has 0 aliphatic rings. The first-order chi connectivity index (χ1) is 23.8. The van der Waals surface area contributed by atoms with Gasteiger partial charge in [-0.05, 0) is 74.6 Å². The third kappa shape index (κ3) is 4.06. The first-order valence-electron chi connectivity index (χ1n) is 16.5. The van der Waals surface area contributed by atoms with Gasteiger partial charge in [-0.15, -0.1) is 0 Å². The highest BCUT2D eigenvalue weighted by Gasteiger charge is 2.21. The molecule has 10 rings (SSSR count). The van der Waals surface area contributed by atoms with E-state index in [-0.39, 0.29) is 0 Å². The third-order valence-corrected chi connectivity index (χ3v) is 9.92. The van der Waals surface area contributed by atoms with E-state index in [0.717, 1.165) is 11.4 Å². The van der Waals surface area contributed by atoms with Crippen molar-refractivity contribution >= 4 is 54.3 Å². The number of hydrogen-bond acceptors (Lipinski definition) is 0. The monoisotopic (exact) mass is 610 g/mol. The molecule has 0 spiro atoms. The second-order valence-electron chi connectivity index (χ2n) is 12.6. The summed E-state index contributed by atoms with van der Waals surface area (Å²) < 4.78 is 4.83. The average molecular weight is 611 g/mol. The number of rotatable bonds is 4. The number of para-hydroxylation sites is 2. The maximum absolute atomic E-state index is 2.46. The number of nitrogens with zero attached hydrogens (tertiary/aromatic N) is 2. The summed E-state index contributed by atoms with van der Waals surface area (Å²) in [6.45, 7) is 0. The first-order valence-corrected chi connectivity index (χ1v) is 16.5. The van der Waals surface area contributed by atoms with E-state index in [0.29, 0.717) is 0 Å². The quantitative estimate of drug-likeness (QED) is 0.175. The highest BCUT2D eigenvalue weighted by atomic mass is 15.0. The fourth-order valence-corrected chi connectivity index (χ4v) is 7.67. The van der Waals surface area contributed by atoms with Gasteiger partial charge in [0, 0.05) is 39.3 Å². The molecule has 2 nitrogen and oxygen atoms in total. The minimum atomic E-state index is 1.14. The third-order valence-electron chi connectivity index (χ3n) is 9.92. The summed E-state index contributed by atoms with van der Waals surface area (Å²) in [6.07, 6.45) is 2.31. The molecule has 0 unspecified atom stereocenters. The van der Waals surface area contributed by atoms with Gasteiger partial charge in [0.05, 0.1) is 16.6 Å². The Morgan fingerprint density at radius 1 is 0.333 bits per heavy atom. The molecule has 10 aromatic rings. The van der Waals surface area contributed by atoms with E-state index in [1.165, 1.54) is 76.5 Å². The molecule has 0 atom stereocenters. The van der Waals surface area contributed by atoms with Crippen molar-refractivity contribution in [3.8, 4) is 33.6 Å². The van der Waals surface area contributed by atoms with Gasteiger partial charge in [0.15, 0.2) is 0 Å². The molecule has 2 heteroatoms. The predicted octanol–water partition coefficient (Wildman–Crippen LogP) is 12.4. The second kappa shape index (κ2) is 10.6. The lowest BCUT2D eigenvalue weighted by Crippen LogP contribution is -1.98. The zero-order valence-electron chi connectivity index (χ0n) is 26.2. The lowest BCUT2D eigenvalue weighted by molar-refractivity contribution is 1.12. The summed E-state index contributed by atoms with van der Waals surface area (Å²) in [7, 11) is 0. The van der Waals surface area contributed by atoms with Crippen LogP contribution in [0.4, 0.5) is 0 Å². The molecule has 8 aromatic carbocycles. The van der Waals surface area contributed by atoms with E-state index in [2.05, 4.69) is 191 Å². The molecule has 0 aliphatic carbocycles. The van der Waals surface area contributed by atoms with Crippen molar-refractivity contribution in [2.75, 3.05) is 0 Å². The van der Waals surface area contributed by atoms with Gasteiger partial charge in [-0.1, -0.05) is 140 Å². The largest absolute Gasteiger partial charge is 0.314 e. The molecular formula is C46H30N2. The van der Waals surface area contributed by atoms with Crippen LogP contribution in [0, 0.1) is 0 Å². The molecular weight excluding hydrogens is 581 g/mol. The Bertz CT molecular complexity index is 2800. The van der Waals surface area contributed by atoms with Gasteiger partial charge < -0.3 is 9.13 Å². The molecule has 0 saturated carbocycles. The molecule has 0 saturated heterocycles. The molecule has 0 fully saturated rings. The Labute approximate surface area is 278 Å². The lowest BCUT2D eigenvalue weighted by Gasteiger charge is -2.13. The van der Waals surface area contributed by atoms with Crippen molar-refractivity contribution in [1.82, 2.24) is 9.13 Å². The van der Waals surface area contributed by atoms with E-state index in [1.807, 2.05) is 0 Å². The van der Waals surface area contributed by atoms with E-state index in [4.69, 9.17) is 0 Å². The van der Waals surface area contributed by atoms with Crippen molar-refractivity contribution in [3.05, 3.63) is 182 Å². The van der Waals surface area contributed by atoms with Crippen LogP contribution in [0.2, 0.25) is 0 Å². The van der Waals surface area contributed by atoms with Crippen LogP contribution in [0.5, 0.6) is 0 Å². The summed E-state index contributed by atoms with van der Waals surface area (Å²) >= 11 is 0. The number of fused-ring (bicyclic) bond motifs is 8. The molecule has 0 N–H and O–H groups in total. The van der Waals surface area contributed by atoms with Gasteiger partial charge in [-0.25, -0.2) is 0 Å². The fourth-order valence-electron chi connectivity index (χ4n) is 7.67. The molecule has 2 aromatic heterocycles. The van der Waals surface area contributed by atoms with E-state index < -0.39 is 0 Å². The van der Waals surface area contributed by atoms with Gasteiger partial charge >= 0.3 is 0 Å². The van der Waals surface area contributed by atoms with Gasteiger partial charge in [-0.3, -0.25) is 0 Å². The molecule has 2 heterocycles. The summed E-state index contributed by atoms with van der Waals surface area (Å²) in [5, 5.41) is 8.86. The van der Waals surface area contributed by atoms with Crippen LogP contribution in [-0.2, 0) is 0 Å². The second-order valence-corrected chi connectivity index (χ2v) is 12.6. The first kappa shape index (κ1) is 26.8. The zero-order chi connectivity index (χ0) is 31.6. The maximum Gasteiger partial charge on any atom is 0.0788 e. The summed E-state index contributed by atoms with van der Waals surface area (Å²) in [4.78, 5) is 0. The van der Waals surface area contributed by atoms with Crippen molar-refractivity contribution in [1.29, 1.82) is 0 Å². The Hall–Kier alpha value is -6.38. The Morgan fingerprint density at radius 3 is 1.79 bits per heavy atom. The highest BCUT2D eigenvalue weighted by molar-refractivity contribution is 6.20. The molecule has 0 bridgehead atoms. The lowest BCUT2D eigenvalue weighted by atomic mass is 9.97. The van der Waals surface area contributed by atoms with E-state index in [9.17, 15) is 0 Å². The Morgan fingerprint density at radius 2 is 0.958 bits per heavy atom. The topological polar surface area (TPSA) is 9.86 Å². The van der Waals surface area contributed by atoms with Gasteiger partial charge in [-0.2, -0.15) is 0 Å². The predicted molar refractivity (Wildman–Crippen MR) is 203 cm³/mol. The van der Waals surface area contributed by atoms with Crippen LogP contribution in [0.15, 0.2) is 182 Å². The molecule has 0 amide bonds. The molecule has 48 heavy (non-hydrogen) atoms. The Kier molecular flexibility index (Phi) is 5.91. The van der Waals surface area contributed by atoms with Crippen LogP contribution >= 0.6 is 0 Å². The van der Waals surface area contributed by atoms with Crippen LogP contribution in [0.25, 0.3) is 87.9 Å². The SMILES string of the molecule is c1ccc(-c2cn(-c3ccccc3)c3c2ccc2c4ccccc4n(-c4ccc(-c5ccc6c(ccc7ccccc76)c5)cc4)c23)cc1. The number of aromatic nitrogens is 2. The summed E-state index contributed by atoms with van der Waals surface area (Å²) in [5.74, 6) is 0. The van der Waals surface area contributed by atoms with Crippen molar-refractivity contribution in [2.24, 2.45) is 0 Å². The smallest absolute Gasteiger partial charge is 0.0788 e. The summed E-state index contributed by atoms with van der Waals surface area (Å²) in [5.41, 5.74) is 10.8. The average Bonchev–Trinajstić information content (AvgIpc) is 3.72. The molecule has 224 valence electrons. The van der Waals surface area contributed by atoms with Crippen LogP contribution in [0.3, 0.4) is 0 Å². The number of benzene rings is 8. The Balaban J connectivity index is 1.20. The van der Waals surface area contributed by atoms with Gasteiger partial charge in [0.1, 0.15) is 0 Å². The maximum atomic E-state index is 2.46. The standard InChI is InChI=1S/C46H30N2/c1-3-11-32(12-4-1)43-30-47(36-14-5-2-6-15-36)45-42(43)28-27-41-40-17-9-10-18-44(40)48(46(41)45)37-24-21-31(22-25-37)34-23-26-39-35(29-34)20-19-33-13-7-8-16-38(33)39/h1-30H. The molecule has 0 radical (unpaired) electrons. The fraction of sp³-hybridized carbons (Fsp3) is 0.